The molecule has 0 atom stereocenters. The third-order valence-corrected chi connectivity index (χ3v) is 4.84. The molecule has 122 valence electrons. The Labute approximate surface area is 138 Å². The van der Waals surface area contributed by atoms with E-state index in [1.54, 1.807) is 18.2 Å². The first kappa shape index (κ1) is 16.4. The highest BCUT2D eigenvalue weighted by atomic mass is 32.2. The van der Waals surface area contributed by atoms with Crippen molar-refractivity contribution in [2.45, 2.75) is 4.90 Å². The number of hydrogen-bond donors (Lipinski definition) is 3. The molecule has 2 aromatic carbocycles. The van der Waals surface area contributed by atoms with Crippen LogP contribution in [0.1, 0.15) is 0 Å². The van der Waals surface area contributed by atoms with Crippen LogP contribution in [-0.2, 0) is 9.84 Å². The van der Waals surface area contributed by atoms with Gasteiger partial charge >= 0.3 is 7.12 Å². The Morgan fingerprint density at radius 1 is 1.12 bits per heavy atom. The maximum atomic E-state index is 12.1. The number of nitrogen functional groups attached to an aromatic ring is 1. The molecule has 0 fully saturated rings. The van der Waals surface area contributed by atoms with Crippen LogP contribution < -0.4 is 11.2 Å². The average molecular weight is 343 g/mol. The van der Waals surface area contributed by atoms with Gasteiger partial charge < -0.3 is 15.8 Å². The van der Waals surface area contributed by atoms with E-state index in [0.29, 0.717) is 27.7 Å². The second-order valence-corrected chi connectivity index (χ2v) is 7.42. The van der Waals surface area contributed by atoms with Gasteiger partial charge in [-0.3, -0.25) is 0 Å². The van der Waals surface area contributed by atoms with Crippen molar-refractivity contribution in [3.63, 3.8) is 0 Å². The highest BCUT2D eigenvalue weighted by Crippen LogP contribution is 2.30. The lowest BCUT2D eigenvalue weighted by atomic mass is 9.79. The number of benzene rings is 2. The van der Waals surface area contributed by atoms with Crippen LogP contribution >= 0.6 is 0 Å². The van der Waals surface area contributed by atoms with Gasteiger partial charge in [0.05, 0.1) is 22.3 Å². The second kappa shape index (κ2) is 5.86. The van der Waals surface area contributed by atoms with E-state index in [4.69, 9.17) is 5.73 Å². The Kier molecular flexibility index (Phi) is 4.00. The molecule has 3 aromatic rings. The smallest absolute Gasteiger partial charge is 0.423 e. The minimum atomic E-state index is -3.51. The molecule has 0 saturated heterocycles. The lowest BCUT2D eigenvalue weighted by molar-refractivity contribution is 0.425. The molecule has 0 aliphatic rings. The van der Waals surface area contributed by atoms with Gasteiger partial charge in [0.1, 0.15) is 0 Å². The number of hydrogen-bond acceptors (Lipinski definition) is 7. The van der Waals surface area contributed by atoms with E-state index in [-0.39, 0.29) is 10.4 Å². The molecular weight excluding hydrogens is 329 g/mol. The van der Waals surface area contributed by atoms with Crippen molar-refractivity contribution in [3.8, 4) is 11.1 Å². The summed E-state index contributed by atoms with van der Waals surface area (Å²) < 4.78 is 24.1. The number of sulfone groups is 1. The zero-order valence-corrected chi connectivity index (χ0v) is 13.5. The SMILES string of the molecule is CS(=O)(=O)c1ccc(B(O)O)cc1-c1ccc2c(N)cnnc2c1. The predicted molar refractivity (Wildman–Crippen MR) is 92.3 cm³/mol. The van der Waals surface area contributed by atoms with Crippen LogP contribution in [0, 0.1) is 0 Å². The first-order valence-electron chi connectivity index (χ1n) is 6.99. The van der Waals surface area contributed by atoms with Crippen molar-refractivity contribution in [3.05, 3.63) is 42.6 Å². The Hall–Kier alpha value is -2.49. The van der Waals surface area contributed by atoms with E-state index < -0.39 is 17.0 Å². The molecule has 0 unspecified atom stereocenters. The zero-order chi connectivity index (χ0) is 17.5. The highest BCUT2D eigenvalue weighted by molar-refractivity contribution is 7.90. The van der Waals surface area contributed by atoms with Crippen molar-refractivity contribution in [2.24, 2.45) is 0 Å². The van der Waals surface area contributed by atoms with Crippen LogP contribution in [-0.4, -0.2) is 42.0 Å². The van der Waals surface area contributed by atoms with Gasteiger partial charge in [-0.15, -0.1) is 0 Å². The van der Waals surface area contributed by atoms with Crippen LogP contribution in [0.3, 0.4) is 0 Å². The minimum Gasteiger partial charge on any atom is -0.423 e. The first-order chi connectivity index (χ1) is 11.3. The van der Waals surface area contributed by atoms with Gasteiger partial charge in [0.25, 0.3) is 0 Å². The van der Waals surface area contributed by atoms with E-state index in [9.17, 15) is 18.5 Å². The third kappa shape index (κ3) is 2.96. The molecule has 4 N–H and O–H groups in total. The fourth-order valence-corrected chi connectivity index (χ4v) is 3.40. The molecule has 3 rings (SSSR count). The highest BCUT2D eigenvalue weighted by Gasteiger charge is 2.19. The van der Waals surface area contributed by atoms with Crippen molar-refractivity contribution >= 4 is 39.0 Å². The Balaban J connectivity index is 2.29. The van der Waals surface area contributed by atoms with Crippen molar-refractivity contribution in [1.29, 1.82) is 0 Å². The van der Waals surface area contributed by atoms with Gasteiger partial charge in [-0.25, -0.2) is 8.42 Å². The van der Waals surface area contributed by atoms with E-state index in [2.05, 4.69) is 10.2 Å². The third-order valence-electron chi connectivity index (χ3n) is 3.68. The summed E-state index contributed by atoms with van der Waals surface area (Å²) in [5, 5.41) is 27.2. The molecule has 0 amide bonds. The van der Waals surface area contributed by atoms with Crippen LogP contribution in [0.4, 0.5) is 5.69 Å². The first-order valence-corrected chi connectivity index (χ1v) is 8.88. The number of nitrogens with zero attached hydrogens (tertiary/aromatic N) is 2. The van der Waals surface area contributed by atoms with Crippen LogP contribution in [0.2, 0.25) is 0 Å². The molecule has 1 heterocycles. The number of anilines is 1. The normalized spacial score (nSPS) is 11.6. The van der Waals surface area contributed by atoms with E-state index in [1.807, 2.05) is 0 Å². The lowest BCUT2D eigenvalue weighted by Crippen LogP contribution is -2.30. The molecule has 1 aromatic heterocycles. The van der Waals surface area contributed by atoms with Gasteiger partial charge in [-0.05, 0) is 29.2 Å². The fraction of sp³-hybridized carbons (Fsp3) is 0.0667. The number of rotatable bonds is 3. The quantitative estimate of drug-likeness (QED) is 0.570. The van der Waals surface area contributed by atoms with Crippen LogP contribution in [0.15, 0.2) is 47.5 Å². The Bertz CT molecular complexity index is 1040. The monoisotopic (exact) mass is 343 g/mol. The Morgan fingerprint density at radius 3 is 2.54 bits per heavy atom. The molecule has 0 saturated carbocycles. The molecular formula is C15H14BN3O4S. The largest absolute Gasteiger partial charge is 0.488 e. The summed E-state index contributed by atoms with van der Waals surface area (Å²) in [7, 11) is -5.21. The van der Waals surface area contributed by atoms with E-state index in [0.717, 1.165) is 6.26 Å². The molecule has 0 radical (unpaired) electrons. The maximum Gasteiger partial charge on any atom is 0.488 e. The van der Waals surface area contributed by atoms with Crippen LogP contribution in [0.25, 0.3) is 22.0 Å². The predicted octanol–water partition coefficient (Wildman–Crippen LogP) is -0.0377. The summed E-state index contributed by atoms with van der Waals surface area (Å²) in [5.74, 6) is 0. The summed E-state index contributed by atoms with van der Waals surface area (Å²) >= 11 is 0. The van der Waals surface area contributed by atoms with Crippen molar-refractivity contribution in [2.75, 3.05) is 12.0 Å². The standard InChI is InChI=1S/C15H14BN3O4S/c1-24(22,23)15-5-3-10(16(20)21)7-12(15)9-2-4-11-13(17)8-18-19-14(11)6-9/h2-8,20-21H,1H3,(H2,17,19). The molecule has 0 spiro atoms. The number of fused-ring (bicyclic) bond motifs is 1. The van der Waals surface area contributed by atoms with Crippen molar-refractivity contribution < 1.29 is 18.5 Å². The molecule has 0 aliphatic carbocycles. The minimum absolute atomic E-state index is 0.0862. The number of aromatic nitrogens is 2. The summed E-state index contributed by atoms with van der Waals surface area (Å²) in [6.45, 7) is 0. The van der Waals surface area contributed by atoms with Gasteiger partial charge in [0.2, 0.25) is 0 Å². The summed E-state index contributed by atoms with van der Waals surface area (Å²) in [5.41, 5.74) is 7.93. The van der Waals surface area contributed by atoms with Gasteiger partial charge in [-0.1, -0.05) is 18.2 Å². The topological polar surface area (TPSA) is 126 Å². The molecule has 0 aliphatic heterocycles. The van der Waals surface area contributed by atoms with E-state index >= 15 is 0 Å². The molecule has 9 heteroatoms. The van der Waals surface area contributed by atoms with Gasteiger partial charge in [0, 0.05) is 17.2 Å². The van der Waals surface area contributed by atoms with E-state index in [1.165, 1.54) is 24.4 Å². The molecule has 24 heavy (non-hydrogen) atoms. The fourth-order valence-electron chi connectivity index (χ4n) is 2.51. The lowest BCUT2D eigenvalue weighted by Gasteiger charge is -2.11. The van der Waals surface area contributed by atoms with Gasteiger partial charge in [0.15, 0.2) is 9.84 Å². The zero-order valence-electron chi connectivity index (χ0n) is 12.7. The number of nitrogens with two attached hydrogens (primary N) is 1. The van der Waals surface area contributed by atoms with Crippen molar-refractivity contribution in [1.82, 2.24) is 10.2 Å². The summed E-state index contributed by atoms with van der Waals surface area (Å²) in [6, 6.07) is 9.25. The van der Waals surface area contributed by atoms with Gasteiger partial charge in [-0.2, -0.15) is 10.2 Å². The second-order valence-electron chi connectivity index (χ2n) is 5.43. The summed E-state index contributed by atoms with van der Waals surface area (Å²) in [4.78, 5) is 0.0862. The van der Waals surface area contributed by atoms with Crippen LogP contribution in [0.5, 0.6) is 0 Å². The molecule has 7 nitrogen and oxygen atoms in total. The summed E-state index contributed by atoms with van der Waals surface area (Å²) in [6.07, 6.45) is 2.53. The maximum absolute atomic E-state index is 12.1. The Morgan fingerprint density at radius 2 is 1.88 bits per heavy atom. The molecule has 0 bridgehead atoms. The average Bonchev–Trinajstić information content (AvgIpc) is 2.53.